The van der Waals surface area contributed by atoms with Gasteiger partial charge in [-0.15, -0.1) is 11.3 Å². The molecule has 2 aromatic carbocycles. The molecule has 0 aliphatic heterocycles. The zero-order chi connectivity index (χ0) is 21.7. The molecular formula is C22H23FN2O3S2. The minimum Gasteiger partial charge on any atom is -0.348 e. The molecule has 0 saturated carbocycles. The van der Waals surface area contributed by atoms with Crippen molar-refractivity contribution in [2.24, 2.45) is 0 Å². The number of thiophene rings is 1. The molecule has 0 saturated heterocycles. The Morgan fingerprint density at radius 1 is 1.10 bits per heavy atom. The van der Waals surface area contributed by atoms with Crippen LogP contribution in [0.3, 0.4) is 0 Å². The Labute approximate surface area is 180 Å². The summed E-state index contributed by atoms with van der Waals surface area (Å²) in [6.45, 7) is 3.39. The standard InChI is InChI=1S/C22H23FN2O3S2/c1-3-19(17-12-10-16(2)11-13-17)24-21(26)15-25(20-8-5-4-7-18(20)23)30(27,28)22-9-6-14-29-22/h4-14,19H,3,15H2,1-2H3,(H,24,26)/t19-/m0/s1. The number of para-hydroxylation sites is 1. The number of benzene rings is 2. The van der Waals surface area contributed by atoms with Gasteiger partial charge in [0, 0.05) is 0 Å². The molecule has 1 N–H and O–H groups in total. The fourth-order valence-corrected chi connectivity index (χ4v) is 5.60. The van der Waals surface area contributed by atoms with Crippen molar-refractivity contribution in [1.29, 1.82) is 0 Å². The van der Waals surface area contributed by atoms with Crippen LogP contribution in [0, 0.1) is 12.7 Å². The fraction of sp³-hybridized carbons (Fsp3) is 0.227. The van der Waals surface area contributed by atoms with Gasteiger partial charge in [-0.05, 0) is 42.5 Å². The van der Waals surface area contributed by atoms with E-state index in [4.69, 9.17) is 0 Å². The molecule has 1 aromatic heterocycles. The summed E-state index contributed by atoms with van der Waals surface area (Å²) in [5.74, 6) is -1.22. The lowest BCUT2D eigenvalue weighted by atomic mass is 10.0. The molecule has 5 nitrogen and oxygen atoms in total. The molecule has 0 bridgehead atoms. The highest BCUT2D eigenvalue weighted by Gasteiger charge is 2.30. The highest BCUT2D eigenvalue weighted by molar-refractivity contribution is 7.94. The van der Waals surface area contributed by atoms with Crippen LogP contribution >= 0.6 is 11.3 Å². The zero-order valence-corrected chi connectivity index (χ0v) is 18.3. The van der Waals surface area contributed by atoms with E-state index in [9.17, 15) is 17.6 Å². The Morgan fingerprint density at radius 3 is 2.40 bits per heavy atom. The number of nitrogens with one attached hydrogen (secondary N) is 1. The second-order valence-corrected chi connectivity index (χ2v) is 9.87. The fourth-order valence-electron chi connectivity index (χ4n) is 3.06. The summed E-state index contributed by atoms with van der Waals surface area (Å²) in [4.78, 5) is 12.8. The summed E-state index contributed by atoms with van der Waals surface area (Å²) in [6.07, 6.45) is 0.631. The first-order chi connectivity index (χ1) is 14.3. The van der Waals surface area contributed by atoms with E-state index < -0.39 is 28.3 Å². The number of hydrogen-bond acceptors (Lipinski definition) is 4. The van der Waals surface area contributed by atoms with E-state index in [1.165, 1.54) is 30.3 Å². The van der Waals surface area contributed by atoms with Crippen molar-refractivity contribution < 1.29 is 17.6 Å². The average molecular weight is 447 g/mol. The van der Waals surface area contributed by atoms with E-state index in [0.717, 1.165) is 26.8 Å². The second-order valence-electron chi connectivity index (χ2n) is 6.83. The van der Waals surface area contributed by atoms with Gasteiger partial charge in [0.05, 0.1) is 11.7 Å². The first-order valence-corrected chi connectivity index (χ1v) is 11.8. The number of amides is 1. The second kappa shape index (κ2) is 9.40. The van der Waals surface area contributed by atoms with Crippen LogP contribution in [0.2, 0.25) is 0 Å². The SMILES string of the molecule is CC[C@H](NC(=O)CN(c1ccccc1F)S(=O)(=O)c1cccs1)c1ccc(C)cc1. The van der Waals surface area contributed by atoms with Gasteiger partial charge in [0.25, 0.3) is 10.0 Å². The van der Waals surface area contributed by atoms with E-state index in [1.807, 2.05) is 38.1 Å². The monoisotopic (exact) mass is 446 g/mol. The third-order valence-corrected chi connectivity index (χ3v) is 7.80. The lowest BCUT2D eigenvalue weighted by molar-refractivity contribution is -0.120. The number of rotatable bonds is 8. The molecule has 0 spiro atoms. The van der Waals surface area contributed by atoms with Crippen molar-refractivity contribution in [3.05, 3.63) is 83.0 Å². The van der Waals surface area contributed by atoms with Crippen LogP contribution < -0.4 is 9.62 Å². The third-order valence-electron chi connectivity index (χ3n) is 4.67. The van der Waals surface area contributed by atoms with Crippen molar-refractivity contribution in [1.82, 2.24) is 5.32 Å². The van der Waals surface area contributed by atoms with Crippen LogP contribution in [0.1, 0.15) is 30.5 Å². The molecule has 30 heavy (non-hydrogen) atoms. The molecule has 3 aromatic rings. The smallest absolute Gasteiger partial charge is 0.274 e. The van der Waals surface area contributed by atoms with E-state index in [-0.39, 0.29) is 15.9 Å². The molecule has 0 radical (unpaired) electrons. The van der Waals surface area contributed by atoms with Crippen molar-refractivity contribution in [2.75, 3.05) is 10.8 Å². The number of halogens is 1. The summed E-state index contributed by atoms with van der Waals surface area (Å²) in [6, 6.07) is 16.1. The number of anilines is 1. The van der Waals surface area contributed by atoms with Crippen LogP contribution in [0.5, 0.6) is 0 Å². The Balaban J connectivity index is 1.88. The van der Waals surface area contributed by atoms with Gasteiger partial charge >= 0.3 is 0 Å². The molecule has 1 atom stereocenters. The third kappa shape index (κ3) is 4.88. The van der Waals surface area contributed by atoms with E-state index in [0.29, 0.717) is 6.42 Å². The number of hydrogen-bond donors (Lipinski definition) is 1. The summed E-state index contributed by atoms with van der Waals surface area (Å²) >= 11 is 1.02. The predicted octanol–water partition coefficient (Wildman–Crippen LogP) is 4.66. The lowest BCUT2D eigenvalue weighted by Gasteiger charge is -2.25. The number of nitrogens with zero attached hydrogens (tertiary/aromatic N) is 1. The van der Waals surface area contributed by atoms with Gasteiger partial charge in [-0.2, -0.15) is 0 Å². The van der Waals surface area contributed by atoms with Crippen molar-refractivity contribution in [3.63, 3.8) is 0 Å². The molecule has 8 heteroatoms. The van der Waals surface area contributed by atoms with E-state index >= 15 is 0 Å². The van der Waals surface area contributed by atoms with Gasteiger partial charge in [0.1, 0.15) is 16.6 Å². The van der Waals surface area contributed by atoms with Gasteiger partial charge in [0.15, 0.2) is 0 Å². The number of carbonyl (C=O) groups excluding carboxylic acids is 1. The first kappa shape index (κ1) is 22.0. The van der Waals surface area contributed by atoms with Crippen LogP contribution in [0.15, 0.2) is 70.3 Å². The van der Waals surface area contributed by atoms with Gasteiger partial charge in [-0.3, -0.25) is 9.10 Å². The Kier molecular flexibility index (Phi) is 6.89. The normalized spacial score (nSPS) is 12.4. The van der Waals surface area contributed by atoms with Gasteiger partial charge in [0.2, 0.25) is 5.91 Å². The van der Waals surface area contributed by atoms with Crippen LogP contribution in [0.4, 0.5) is 10.1 Å². The highest BCUT2D eigenvalue weighted by Crippen LogP contribution is 2.28. The minimum atomic E-state index is -4.09. The van der Waals surface area contributed by atoms with Gasteiger partial charge < -0.3 is 5.32 Å². The molecule has 0 unspecified atom stereocenters. The summed E-state index contributed by atoms with van der Waals surface area (Å²) in [5.41, 5.74) is 1.87. The van der Waals surface area contributed by atoms with Crippen molar-refractivity contribution >= 4 is 33.0 Å². The molecule has 158 valence electrons. The van der Waals surface area contributed by atoms with Crippen LogP contribution in [0.25, 0.3) is 0 Å². The zero-order valence-electron chi connectivity index (χ0n) is 16.7. The van der Waals surface area contributed by atoms with E-state index in [1.54, 1.807) is 11.4 Å². The largest absolute Gasteiger partial charge is 0.348 e. The predicted molar refractivity (Wildman–Crippen MR) is 118 cm³/mol. The Bertz CT molecular complexity index is 1100. The molecular weight excluding hydrogens is 423 g/mol. The molecule has 3 rings (SSSR count). The van der Waals surface area contributed by atoms with Gasteiger partial charge in [-0.1, -0.05) is 55.0 Å². The Morgan fingerprint density at radius 2 is 1.80 bits per heavy atom. The van der Waals surface area contributed by atoms with E-state index in [2.05, 4.69) is 5.32 Å². The first-order valence-electron chi connectivity index (χ1n) is 9.49. The van der Waals surface area contributed by atoms with Crippen molar-refractivity contribution in [2.45, 2.75) is 30.5 Å². The maximum atomic E-state index is 14.5. The average Bonchev–Trinajstić information content (AvgIpc) is 3.27. The quantitative estimate of drug-likeness (QED) is 0.547. The maximum absolute atomic E-state index is 14.5. The summed E-state index contributed by atoms with van der Waals surface area (Å²) in [5, 5.41) is 4.50. The molecule has 1 amide bonds. The number of sulfonamides is 1. The molecule has 0 fully saturated rings. The molecule has 1 heterocycles. The van der Waals surface area contributed by atoms with Crippen LogP contribution in [-0.4, -0.2) is 20.9 Å². The Hall–Kier alpha value is -2.71. The molecule has 0 aliphatic rings. The van der Waals surface area contributed by atoms with Crippen LogP contribution in [-0.2, 0) is 14.8 Å². The topological polar surface area (TPSA) is 66.5 Å². The van der Waals surface area contributed by atoms with Gasteiger partial charge in [-0.25, -0.2) is 12.8 Å². The van der Waals surface area contributed by atoms with Crippen molar-refractivity contribution in [3.8, 4) is 0 Å². The number of carbonyl (C=O) groups is 1. The minimum absolute atomic E-state index is 0.0455. The maximum Gasteiger partial charge on any atom is 0.274 e. The summed E-state index contributed by atoms with van der Waals surface area (Å²) in [7, 11) is -4.09. The lowest BCUT2D eigenvalue weighted by Crippen LogP contribution is -2.42. The highest BCUT2D eigenvalue weighted by atomic mass is 32.2. The number of aryl methyl sites for hydroxylation is 1. The summed E-state index contributed by atoms with van der Waals surface area (Å²) < 4.78 is 41.6. The molecule has 0 aliphatic carbocycles.